The van der Waals surface area contributed by atoms with Crippen molar-refractivity contribution in [1.82, 2.24) is 0 Å². The summed E-state index contributed by atoms with van der Waals surface area (Å²) in [5.41, 5.74) is 0.273. The number of fused-ring (bicyclic) bond motifs is 5. The van der Waals surface area contributed by atoms with Crippen LogP contribution in [-0.2, 0) is 0 Å². The summed E-state index contributed by atoms with van der Waals surface area (Å²) >= 11 is 0. The Hall–Kier alpha value is -0.120. The number of aliphatic hydroxyl groups is 3. The summed E-state index contributed by atoms with van der Waals surface area (Å²) < 4.78 is 0. The Bertz CT molecular complexity index is 452. The average molecular weight is 308 g/mol. The van der Waals surface area contributed by atoms with Crippen molar-refractivity contribution in [2.24, 2.45) is 34.5 Å². The van der Waals surface area contributed by atoms with Gasteiger partial charge in [0.1, 0.15) is 0 Å². The highest BCUT2D eigenvalue weighted by atomic mass is 16.3. The molecule has 0 radical (unpaired) electrons. The molecule has 0 amide bonds. The minimum absolute atomic E-state index is 0.0816. The van der Waals surface area contributed by atoms with Crippen LogP contribution in [0.5, 0.6) is 0 Å². The fourth-order valence-corrected chi connectivity index (χ4v) is 7.25. The lowest BCUT2D eigenvalue weighted by Crippen LogP contribution is -2.58. The van der Waals surface area contributed by atoms with Crippen LogP contribution in [0.3, 0.4) is 0 Å². The third kappa shape index (κ3) is 1.91. The van der Waals surface area contributed by atoms with Gasteiger partial charge in [-0.3, -0.25) is 0 Å². The molecule has 4 fully saturated rings. The zero-order chi connectivity index (χ0) is 15.7. The largest absolute Gasteiger partial charge is 0.393 e. The quantitative estimate of drug-likeness (QED) is 0.645. The minimum atomic E-state index is -0.263. The summed E-state index contributed by atoms with van der Waals surface area (Å²) in [5, 5.41) is 31.4. The van der Waals surface area contributed by atoms with E-state index in [-0.39, 0.29) is 35.1 Å². The van der Waals surface area contributed by atoms with Crippen LogP contribution in [0.1, 0.15) is 65.2 Å². The SMILES string of the molecule is C[C@]12CC[C@H](O)CC1[C@@H](O)CC1C2CC[C@@]2(C)C1CC[C@@H]2O. The van der Waals surface area contributed by atoms with E-state index in [2.05, 4.69) is 13.8 Å². The molecule has 126 valence electrons. The topological polar surface area (TPSA) is 60.7 Å². The minimum Gasteiger partial charge on any atom is -0.393 e. The fourth-order valence-electron chi connectivity index (χ4n) is 7.25. The van der Waals surface area contributed by atoms with Gasteiger partial charge in [0.25, 0.3) is 0 Å². The maximum absolute atomic E-state index is 10.8. The van der Waals surface area contributed by atoms with Gasteiger partial charge in [-0.05, 0) is 85.9 Å². The molecule has 4 saturated carbocycles. The molecule has 0 heterocycles. The number of hydrogen-bond donors (Lipinski definition) is 3. The second-order valence-electron chi connectivity index (χ2n) is 9.36. The van der Waals surface area contributed by atoms with Crippen LogP contribution in [0.25, 0.3) is 0 Å². The van der Waals surface area contributed by atoms with Crippen molar-refractivity contribution < 1.29 is 15.3 Å². The molecule has 4 rings (SSSR count). The standard InChI is InChI=1S/C19H32O3/c1-18-7-5-11(20)9-15(18)16(21)10-12-13-3-4-17(22)19(13,2)8-6-14(12)18/h11-17,20-22H,3-10H2,1-2H3/t11-,12?,13?,14?,15?,16-,17-,18+,19-/m0/s1. The van der Waals surface area contributed by atoms with Gasteiger partial charge in [0.05, 0.1) is 18.3 Å². The lowest BCUT2D eigenvalue weighted by atomic mass is 9.44. The molecule has 0 aliphatic heterocycles. The van der Waals surface area contributed by atoms with Gasteiger partial charge in [0, 0.05) is 0 Å². The molecule has 0 saturated heterocycles. The Morgan fingerprint density at radius 1 is 0.727 bits per heavy atom. The third-order valence-corrected chi connectivity index (χ3v) is 8.60. The van der Waals surface area contributed by atoms with Gasteiger partial charge >= 0.3 is 0 Å². The Balaban J connectivity index is 1.66. The van der Waals surface area contributed by atoms with Gasteiger partial charge in [-0.15, -0.1) is 0 Å². The number of rotatable bonds is 0. The van der Waals surface area contributed by atoms with E-state index in [1.165, 1.54) is 6.42 Å². The van der Waals surface area contributed by atoms with Crippen molar-refractivity contribution in [1.29, 1.82) is 0 Å². The van der Waals surface area contributed by atoms with E-state index in [0.29, 0.717) is 17.8 Å². The number of aliphatic hydroxyl groups excluding tert-OH is 3. The van der Waals surface area contributed by atoms with E-state index in [4.69, 9.17) is 0 Å². The lowest BCUT2D eigenvalue weighted by Gasteiger charge is -2.61. The highest BCUT2D eigenvalue weighted by Crippen LogP contribution is 2.66. The lowest BCUT2D eigenvalue weighted by molar-refractivity contribution is -0.174. The average Bonchev–Trinajstić information content (AvgIpc) is 2.77. The number of hydrogen-bond acceptors (Lipinski definition) is 3. The second kappa shape index (κ2) is 4.94. The summed E-state index contributed by atoms with van der Waals surface area (Å²) in [5.74, 6) is 2.10. The molecule has 9 atom stereocenters. The molecule has 3 heteroatoms. The highest BCUT2D eigenvalue weighted by Gasteiger charge is 2.61. The van der Waals surface area contributed by atoms with Gasteiger partial charge in [0.15, 0.2) is 0 Å². The van der Waals surface area contributed by atoms with Gasteiger partial charge in [-0.1, -0.05) is 13.8 Å². The first-order valence-electron chi connectivity index (χ1n) is 9.40. The Kier molecular flexibility index (Phi) is 3.46. The van der Waals surface area contributed by atoms with Crippen LogP contribution in [0.4, 0.5) is 0 Å². The Morgan fingerprint density at radius 2 is 1.41 bits per heavy atom. The van der Waals surface area contributed by atoms with Crippen molar-refractivity contribution in [2.75, 3.05) is 0 Å². The van der Waals surface area contributed by atoms with Crippen molar-refractivity contribution in [3.05, 3.63) is 0 Å². The maximum atomic E-state index is 10.8. The van der Waals surface area contributed by atoms with Crippen molar-refractivity contribution >= 4 is 0 Å². The first kappa shape index (κ1) is 15.4. The molecule has 0 aromatic heterocycles. The van der Waals surface area contributed by atoms with Gasteiger partial charge in [-0.2, -0.15) is 0 Å². The van der Waals surface area contributed by atoms with E-state index >= 15 is 0 Å². The molecule has 0 aromatic carbocycles. The summed E-state index contributed by atoms with van der Waals surface area (Å²) in [7, 11) is 0. The molecule has 4 aliphatic rings. The van der Waals surface area contributed by atoms with E-state index in [1.807, 2.05) is 0 Å². The second-order valence-corrected chi connectivity index (χ2v) is 9.36. The van der Waals surface area contributed by atoms with E-state index in [9.17, 15) is 15.3 Å². The van der Waals surface area contributed by atoms with Crippen LogP contribution in [0.2, 0.25) is 0 Å². The molecule has 22 heavy (non-hydrogen) atoms. The smallest absolute Gasteiger partial charge is 0.0596 e. The third-order valence-electron chi connectivity index (χ3n) is 8.60. The summed E-state index contributed by atoms with van der Waals surface area (Å²) in [6.07, 6.45) is 7.42. The first-order valence-corrected chi connectivity index (χ1v) is 9.40. The first-order chi connectivity index (χ1) is 10.4. The van der Waals surface area contributed by atoms with E-state index in [0.717, 1.165) is 44.9 Å². The molecule has 4 unspecified atom stereocenters. The van der Waals surface area contributed by atoms with Crippen LogP contribution < -0.4 is 0 Å². The van der Waals surface area contributed by atoms with E-state index in [1.54, 1.807) is 0 Å². The molecule has 0 bridgehead atoms. The molecular formula is C19H32O3. The van der Waals surface area contributed by atoms with Crippen molar-refractivity contribution in [3.8, 4) is 0 Å². The molecule has 0 aromatic rings. The monoisotopic (exact) mass is 308 g/mol. The molecule has 0 spiro atoms. The summed E-state index contributed by atoms with van der Waals surface area (Å²) in [6.45, 7) is 4.68. The predicted octanol–water partition coefficient (Wildman–Crippen LogP) is 2.72. The fraction of sp³-hybridized carbons (Fsp3) is 1.00. The maximum Gasteiger partial charge on any atom is 0.0596 e. The summed E-state index contributed by atoms with van der Waals surface area (Å²) in [4.78, 5) is 0. The molecule has 3 nitrogen and oxygen atoms in total. The van der Waals surface area contributed by atoms with Gasteiger partial charge in [-0.25, -0.2) is 0 Å². The molecule has 3 N–H and O–H groups in total. The highest BCUT2D eigenvalue weighted by molar-refractivity contribution is 5.11. The Morgan fingerprint density at radius 3 is 2.18 bits per heavy atom. The van der Waals surface area contributed by atoms with Crippen LogP contribution in [0, 0.1) is 34.5 Å². The molecular weight excluding hydrogens is 276 g/mol. The van der Waals surface area contributed by atoms with Crippen LogP contribution in [0.15, 0.2) is 0 Å². The van der Waals surface area contributed by atoms with Gasteiger partial charge < -0.3 is 15.3 Å². The normalized spacial score (nSPS) is 61.2. The summed E-state index contributed by atoms with van der Waals surface area (Å²) in [6, 6.07) is 0. The van der Waals surface area contributed by atoms with Gasteiger partial charge in [0.2, 0.25) is 0 Å². The Labute approximate surface area is 134 Å². The van der Waals surface area contributed by atoms with Crippen molar-refractivity contribution in [2.45, 2.75) is 83.5 Å². The predicted molar refractivity (Wildman–Crippen MR) is 85.1 cm³/mol. The molecule has 4 aliphatic carbocycles. The van der Waals surface area contributed by atoms with Crippen LogP contribution >= 0.6 is 0 Å². The van der Waals surface area contributed by atoms with Crippen molar-refractivity contribution in [3.63, 3.8) is 0 Å². The van der Waals surface area contributed by atoms with Crippen LogP contribution in [-0.4, -0.2) is 33.6 Å². The van der Waals surface area contributed by atoms with E-state index < -0.39 is 0 Å². The zero-order valence-electron chi connectivity index (χ0n) is 14.0. The zero-order valence-corrected chi connectivity index (χ0v) is 14.0.